The summed E-state index contributed by atoms with van der Waals surface area (Å²) in [5.74, 6) is -7.73. The van der Waals surface area contributed by atoms with E-state index in [1.165, 1.54) is 0 Å². The smallest absolute Gasteiger partial charge is 0.329 e. The number of ether oxygens (including phenoxy) is 2. The number of carbonyl (C=O) groups excluding carboxylic acids is 6. The molecule has 4 atom stereocenters. The van der Waals surface area contributed by atoms with Crippen molar-refractivity contribution in [2.45, 2.75) is 62.7 Å². The van der Waals surface area contributed by atoms with E-state index < -0.39 is 91.1 Å². The highest BCUT2D eigenvalue weighted by Gasteiger charge is 2.33. The van der Waals surface area contributed by atoms with Crippen molar-refractivity contribution in [3.63, 3.8) is 0 Å². The summed E-state index contributed by atoms with van der Waals surface area (Å²) in [6.45, 7) is -0.822. The van der Waals surface area contributed by atoms with Crippen LogP contribution in [0.1, 0.15) is 37.7 Å². The van der Waals surface area contributed by atoms with Crippen molar-refractivity contribution in [3.05, 3.63) is 35.9 Å². The zero-order valence-electron chi connectivity index (χ0n) is 29.0. The van der Waals surface area contributed by atoms with Crippen LogP contribution in [0.25, 0.3) is 0 Å². The minimum Gasteiger partial charge on any atom is -0.481 e. The number of nitrogens with one attached hydrogen (secondary N) is 6. The monoisotopic (exact) mass is 749 g/mol. The van der Waals surface area contributed by atoms with Gasteiger partial charge in [0.1, 0.15) is 30.8 Å². The van der Waals surface area contributed by atoms with E-state index in [1.807, 2.05) is 0 Å². The van der Waals surface area contributed by atoms with Crippen LogP contribution in [0.5, 0.6) is 0 Å². The maximum absolute atomic E-state index is 13.8. The lowest BCUT2D eigenvalue weighted by molar-refractivity contribution is -0.143. The first kappa shape index (κ1) is 43.3. The van der Waals surface area contributed by atoms with Crippen molar-refractivity contribution >= 4 is 53.3 Å². The summed E-state index contributed by atoms with van der Waals surface area (Å²) in [5, 5.41) is 32.8. The third-order valence-electron chi connectivity index (χ3n) is 7.41. The summed E-state index contributed by atoms with van der Waals surface area (Å²) < 4.78 is 10.1. The Morgan fingerprint density at radius 2 is 1.40 bits per heavy atom. The van der Waals surface area contributed by atoms with Gasteiger partial charge in [-0.05, 0) is 24.8 Å². The van der Waals surface area contributed by atoms with Crippen LogP contribution in [0.3, 0.4) is 0 Å². The van der Waals surface area contributed by atoms with Crippen molar-refractivity contribution < 1.29 is 58.0 Å². The van der Waals surface area contributed by atoms with E-state index in [2.05, 4.69) is 36.9 Å². The fourth-order valence-electron chi connectivity index (χ4n) is 4.84. The first-order valence-corrected chi connectivity index (χ1v) is 16.7. The average molecular weight is 750 g/mol. The molecule has 12 N–H and O–H groups in total. The number of aliphatic imine (C=N–C) groups is 1. The van der Waals surface area contributed by atoms with Gasteiger partial charge in [-0.2, -0.15) is 0 Å². The van der Waals surface area contributed by atoms with Crippen LogP contribution in [-0.4, -0.2) is 134 Å². The van der Waals surface area contributed by atoms with Gasteiger partial charge in [0.15, 0.2) is 5.96 Å². The van der Waals surface area contributed by atoms with E-state index in [0.717, 1.165) is 0 Å². The number of hydrogen-bond acceptors (Lipinski definition) is 11. The van der Waals surface area contributed by atoms with E-state index >= 15 is 0 Å². The number of benzene rings is 1. The molecular weight excluding hydrogens is 702 g/mol. The highest BCUT2D eigenvalue weighted by atomic mass is 16.5. The Balaban J connectivity index is 2.32. The molecule has 0 radical (unpaired) electrons. The minimum absolute atomic E-state index is 0.0171. The van der Waals surface area contributed by atoms with Gasteiger partial charge in [-0.1, -0.05) is 30.3 Å². The molecule has 1 aromatic rings. The largest absolute Gasteiger partial charge is 0.481 e. The highest BCUT2D eigenvalue weighted by molar-refractivity contribution is 5.98. The molecule has 6 amide bonds. The van der Waals surface area contributed by atoms with Crippen LogP contribution in [-0.2, 0) is 54.3 Å². The molecule has 21 nitrogen and oxygen atoms in total. The molecule has 53 heavy (non-hydrogen) atoms. The summed E-state index contributed by atoms with van der Waals surface area (Å²) in [7, 11) is 0. The lowest BCUT2D eigenvalue weighted by Gasteiger charge is -2.26. The van der Waals surface area contributed by atoms with Crippen molar-refractivity contribution in [3.8, 4) is 0 Å². The standard InChI is InChI=1S/C32H47N9O12/c33-32(34)36-10-4-7-20-28(48)37-17-25(43)38-23(16-26(44)45)31(51)41-22(15-19-5-2-1-3-6-19)30(50)40-21(29(49)39-20)8-9-24(42)35-11-12-52-13-14-53-18-27(46)47/h1-3,5-6,20-23H,4,7-18H2,(H,35,42)(H,37,48)(H,38,43)(H,39,49)(H,40,50)(H,41,51)(H,44,45)(H,46,47)(H4,33,34,36)/t20-,21-,22+,23-/m0/s1. The van der Waals surface area contributed by atoms with Crippen molar-refractivity contribution in [1.29, 1.82) is 0 Å². The molecular formula is C32H47N9O12. The van der Waals surface area contributed by atoms with Crippen LogP contribution in [0.2, 0.25) is 0 Å². The van der Waals surface area contributed by atoms with Crippen LogP contribution in [0.4, 0.5) is 0 Å². The van der Waals surface area contributed by atoms with Crippen LogP contribution in [0.15, 0.2) is 35.3 Å². The highest BCUT2D eigenvalue weighted by Crippen LogP contribution is 2.08. The number of hydrogen-bond donors (Lipinski definition) is 10. The van der Waals surface area contributed by atoms with Gasteiger partial charge < -0.3 is 63.1 Å². The molecule has 1 aliphatic heterocycles. The molecule has 21 heteroatoms. The molecule has 2 rings (SSSR count). The van der Waals surface area contributed by atoms with Crippen molar-refractivity contribution in [2.75, 3.05) is 46.1 Å². The van der Waals surface area contributed by atoms with Gasteiger partial charge in [0.25, 0.3) is 0 Å². The van der Waals surface area contributed by atoms with Crippen LogP contribution in [0, 0.1) is 0 Å². The summed E-state index contributed by atoms with van der Waals surface area (Å²) in [4.78, 5) is 105. The number of nitrogens with two attached hydrogens (primary N) is 2. The van der Waals surface area contributed by atoms with Gasteiger partial charge in [0.05, 0.1) is 32.8 Å². The molecule has 0 unspecified atom stereocenters. The SMILES string of the molecule is NC(N)=NCCC[C@@H]1NC(=O)[C@H](CCC(=O)NCCOCCOCC(=O)O)NC(=O)[C@@H](Cc2ccccc2)NC(=O)[C@H](CC(=O)O)NC(=O)CNC1=O. The summed E-state index contributed by atoms with van der Waals surface area (Å²) >= 11 is 0. The Bertz CT molecular complexity index is 1460. The first-order valence-electron chi connectivity index (χ1n) is 16.7. The normalized spacial score (nSPS) is 19.9. The molecule has 0 aromatic heterocycles. The maximum Gasteiger partial charge on any atom is 0.329 e. The third kappa shape index (κ3) is 18.3. The fraction of sp³-hybridized carbons (Fsp3) is 0.531. The van der Waals surface area contributed by atoms with Gasteiger partial charge in [0.2, 0.25) is 35.4 Å². The zero-order valence-corrected chi connectivity index (χ0v) is 29.0. The number of rotatable bonds is 19. The van der Waals surface area contributed by atoms with Gasteiger partial charge in [-0.3, -0.25) is 38.6 Å². The molecule has 0 aliphatic carbocycles. The van der Waals surface area contributed by atoms with Crippen LogP contribution < -0.4 is 43.4 Å². The molecule has 1 heterocycles. The Morgan fingerprint density at radius 1 is 0.774 bits per heavy atom. The number of carboxylic acid groups (broad SMARTS) is 2. The molecule has 1 aromatic carbocycles. The Hall–Kier alpha value is -5.83. The second kappa shape index (κ2) is 23.6. The van der Waals surface area contributed by atoms with E-state index in [-0.39, 0.29) is 71.0 Å². The average Bonchev–Trinajstić information content (AvgIpc) is 3.10. The van der Waals surface area contributed by atoms with Crippen molar-refractivity contribution in [2.24, 2.45) is 16.5 Å². The molecule has 0 spiro atoms. The topological polar surface area (TPSA) is 332 Å². The Kier molecular flexibility index (Phi) is 19.3. The first-order chi connectivity index (χ1) is 25.2. The van der Waals surface area contributed by atoms with E-state index in [4.69, 9.17) is 26.0 Å². The van der Waals surface area contributed by atoms with Crippen molar-refractivity contribution in [1.82, 2.24) is 31.9 Å². The number of amides is 6. The molecule has 292 valence electrons. The molecule has 1 fully saturated rings. The number of carbonyl (C=O) groups is 8. The quantitative estimate of drug-likeness (QED) is 0.0365. The number of guanidine groups is 1. The lowest BCUT2D eigenvalue weighted by Crippen LogP contribution is -2.58. The van der Waals surface area contributed by atoms with E-state index in [0.29, 0.717) is 5.56 Å². The van der Waals surface area contributed by atoms with Gasteiger partial charge in [-0.25, -0.2) is 4.79 Å². The second-order valence-electron chi connectivity index (χ2n) is 11.7. The molecule has 0 saturated carbocycles. The molecule has 1 aliphatic rings. The number of nitrogens with zero attached hydrogens (tertiary/aromatic N) is 1. The minimum atomic E-state index is -1.64. The van der Waals surface area contributed by atoms with Gasteiger partial charge >= 0.3 is 11.9 Å². The number of carboxylic acids is 2. The van der Waals surface area contributed by atoms with E-state index in [1.54, 1.807) is 30.3 Å². The summed E-state index contributed by atoms with van der Waals surface area (Å²) in [6.07, 6.45) is -1.31. The predicted octanol–water partition coefficient (Wildman–Crippen LogP) is -4.16. The van der Waals surface area contributed by atoms with E-state index in [9.17, 15) is 43.5 Å². The second-order valence-corrected chi connectivity index (χ2v) is 11.7. The lowest BCUT2D eigenvalue weighted by atomic mass is 10.0. The number of aliphatic carboxylic acids is 2. The van der Waals surface area contributed by atoms with Crippen LogP contribution >= 0.6 is 0 Å². The third-order valence-corrected chi connectivity index (χ3v) is 7.41. The Morgan fingerprint density at radius 3 is 2.06 bits per heavy atom. The zero-order chi connectivity index (χ0) is 39.2. The van der Waals surface area contributed by atoms with Gasteiger partial charge in [-0.15, -0.1) is 0 Å². The Labute approximate surface area is 304 Å². The predicted molar refractivity (Wildman–Crippen MR) is 185 cm³/mol. The fourth-order valence-corrected chi connectivity index (χ4v) is 4.84. The molecule has 1 saturated heterocycles. The summed E-state index contributed by atoms with van der Waals surface area (Å²) in [6, 6.07) is 2.78. The van der Waals surface area contributed by atoms with Gasteiger partial charge in [0, 0.05) is 25.9 Å². The summed E-state index contributed by atoms with van der Waals surface area (Å²) in [5.41, 5.74) is 11.3. The maximum atomic E-state index is 13.8. The molecule has 0 bridgehead atoms.